The molecule has 5 nitrogen and oxygen atoms in total. The Bertz CT molecular complexity index is 659. The molecule has 24 heavy (non-hydrogen) atoms. The van der Waals surface area contributed by atoms with Crippen LogP contribution in [-0.4, -0.2) is 28.8 Å². The van der Waals surface area contributed by atoms with E-state index in [9.17, 15) is 4.79 Å². The van der Waals surface area contributed by atoms with Crippen molar-refractivity contribution in [2.75, 3.05) is 18.4 Å². The molecule has 2 aromatic rings. The van der Waals surface area contributed by atoms with E-state index in [0.29, 0.717) is 18.9 Å². The fourth-order valence-electron chi connectivity index (χ4n) is 3.23. The molecule has 0 spiro atoms. The molecule has 0 saturated carbocycles. The molecule has 1 aliphatic heterocycles. The third-order valence-electron chi connectivity index (χ3n) is 4.58. The molecular formula is C19H26N4O. The van der Waals surface area contributed by atoms with Gasteiger partial charge in [0.2, 0.25) is 5.91 Å². The Morgan fingerprint density at radius 1 is 1.29 bits per heavy atom. The molecule has 1 aromatic heterocycles. The van der Waals surface area contributed by atoms with Crippen molar-refractivity contribution in [3.63, 3.8) is 0 Å². The maximum atomic E-state index is 12.3. The van der Waals surface area contributed by atoms with Gasteiger partial charge < -0.3 is 10.6 Å². The molecule has 1 saturated heterocycles. The normalized spacial score (nSPS) is 15.4. The maximum absolute atomic E-state index is 12.3. The predicted octanol–water partition coefficient (Wildman–Crippen LogP) is 2.96. The predicted molar refractivity (Wildman–Crippen MR) is 96.0 cm³/mol. The number of piperidine rings is 1. The second-order valence-electron chi connectivity index (χ2n) is 6.59. The average molecular weight is 326 g/mol. The standard InChI is InChI=1S/C19H26N4O/c1-15-13-18(23(22-15)14-17-5-3-2-4-6-17)21-19(24)8-7-16-9-11-20-12-10-16/h2-6,13,16,20H,7-12,14H2,1H3,(H,21,24). The van der Waals surface area contributed by atoms with Crippen LogP contribution in [0.1, 0.15) is 36.9 Å². The lowest BCUT2D eigenvalue weighted by Crippen LogP contribution is -2.28. The van der Waals surface area contributed by atoms with Crippen LogP contribution >= 0.6 is 0 Å². The number of anilines is 1. The van der Waals surface area contributed by atoms with Crippen LogP contribution in [0.5, 0.6) is 0 Å². The van der Waals surface area contributed by atoms with Gasteiger partial charge in [-0.1, -0.05) is 30.3 Å². The van der Waals surface area contributed by atoms with Crippen molar-refractivity contribution in [2.45, 2.75) is 39.2 Å². The summed E-state index contributed by atoms with van der Waals surface area (Å²) >= 11 is 0. The SMILES string of the molecule is Cc1cc(NC(=O)CCC2CCNCC2)n(Cc2ccccc2)n1. The maximum Gasteiger partial charge on any atom is 0.225 e. The molecule has 2 N–H and O–H groups in total. The number of carbonyl (C=O) groups excluding carboxylic acids is 1. The second-order valence-corrected chi connectivity index (χ2v) is 6.59. The van der Waals surface area contributed by atoms with E-state index in [1.807, 2.05) is 35.9 Å². The molecule has 0 bridgehead atoms. The first-order chi connectivity index (χ1) is 11.7. The Morgan fingerprint density at radius 2 is 2.04 bits per heavy atom. The smallest absolute Gasteiger partial charge is 0.225 e. The zero-order valence-electron chi connectivity index (χ0n) is 14.3. The molecule has 5 heteroatoms. The molecule has 3 rings (SSSR count). The molecule has 1 fully saturated rings. The van der Waals surface area contributed by atoms with E-state index in [1.165, 1.54) is 18.4 Å². The van der Waals surface area contributed by atoms with E-state index < -0.39 is 0 Å². The van der Waals surface area contributed by atoms with Crippen LogP contribution in [0.25, 0.3) is 0 Å². The Balaban J connectivity index is 1.57. The van der Waals surface area contributed by atoms with Crippen molar-refractivity contribution in [3.05, 3.63) is 47.7 Å². The Hall–Kier alpha value is -2.14. The van der Waals surface area contributed by atoms with Crippen LogP contribution in [0.2, 0.25) is 0 Å². The van der Waals surface area contributed by atoms with E-state index in [1.54, 1.807) is 0 Å². The van der Waals surface area contributed by atoms with Gasteiger partial charge in [0.05, 0.1) is 12.2 Å². The van der Waals surface area contributed by atoms with E-state index in [2.05, 4.69) is 27.9 Å². The van der Waals surface area contributed by atoms with Gasteiger partial charge in [-0.15, -0.1) is 0 Å². The number of hydrogen-bond acceptors (Lipinski definition) is 3. The van der Waals surface area contributed by atoms with Gasteiger partial charge in [0.15, 0.2) is 0 Å². The molecule has 1 aliphatic rings. The minimum Gasteiger partial charge on any atom is -0.317 e. The van der Waals surface area contributed by atoms with Gasteiger partial charge in [-0.25, -0.2) is 4.68 Å². The van der Waals surface area contributed by atoms with E-state index in [4.69, 9.17) is 0 Å². The van der Waals surface area contributed by atoms with Crippen LogP contribution in [0.3, 0.4) is 0 Å². The number of benzene rings is 1. The van der Waals surface area contributed by atoms with Gasteiger partial charge in [-0.05, 0) is 50.8 Å². The third kappa shape index (κ3) is 4.68. The summed E-state index contributed by atoms with van der Waals surface area (Å²) in [5, 5.41) is 10.9. The minimum absolute atomic E-state index is 0.0859. The quantitative estimate of drug-likeness (QED) is 0.858. The summed E-state index contributed by atoms with van der Waals surface area (Å²) in [5.41, 5.74) is 2.09. The van der Waals surface area contributed by atoms with Crippen LogP contribution in [0.15, 0.2) is 36.4 Å². The Kier molecular flexibility index (Phi) is 5.64. The summed E-state index contributed by atoms with van der Waals surface area (Å²) in [6.45, 7) is 4.77. The number of aromatic nitrogens is 2. The number of nitrogens with zero attached hydrogens (tertiary/aromatic N) is 2. The van der Waals surface area contributed by atoms with Crippen LogP contribution in [-0.2, 0) is 11.3 Å². The first-order valence-corrected chi connectivity index (χ1v) is 8.79. The van der Waals surface area contributed by atoms with Crippen molar-refractivity contribution >= 4 is 11.7 Å². The zero-order valence-corrected chi connectivity index (χ0v) is 14.3. The number of nitrogens with one attached hydrogen (secondary N) is 2. The molecule has 0 aliphatic carbocycles. The number of aryl methyl sites for hydroxylation is 1. The van der Waals surface area contributed by atoms with Gasteiger partial charge in [0.25, 0.3) is 0 Å². The molecule has 2 heterocycles. The fourth-order valence-corrected chi connectivity index (χ4v) is 3.23. The summed E-state index contributed by atoms with van der Waals surface area (Å²) in [7, 11) is 0. The number of hydrogen-bond donors (Lipinski definition) is 2. The van der Waals surface area contributed by atoms with Crippen LogP contribution in [0.4, 0.5) is 5.82 Å². The summed E-state index contributed by atoms with van der Waals surface area (Å²) in [5.74, 6) is 1.54. The van der Waals surface area contributed by atoms with Crippen molar-refractivity contribution in [3.8, 4) is 0 Å². The second kappa shape index (κ2) is 8.11. The summed E-state index contributed by atoms with van der Waals surface area (Å²) in [6.07, 6.45) is 3.91. The molecule has 0 radical (unpaired) electrons. The molecule has 128 valence electrons. The van der Waals surface area contributed by atoms with E-state index >= 15 is 0 Å². The lowest BCUT2D eigenvalue weighted by molar-refractivity contribution is -0.116. The van der Waals surface area contributed by atoms with Gasteiger partial charge in [-0.3, -0.25) is 4.79 Å². The Labute approximate surface area is 143 Å². The number of amides is 1. The van der Waals surface area contributed by atoms with Crippen molar-refractivity contribution < 1.29 is 4.79 Å². The van der Waals surface area contributed by atoms with E-state index in [0.717, 1.165) is 31.0 Å². The Morgan fingerprint density at radius 3 is 2.79 bits per heavy atom. The van der Waals surface area contributed by atoms with E-state index in [-0.39, 0.29) is 5.91 Å². The van der Waals surface area contributed by atoms with Crippen LogP contribution < -0.4 is 10.6 Å². The molecule has 1 amide bonds. The van der Waals surface area contributed by atoms with Crippen molar-refractivity contribution in [1.82, 2.24) is 15.1 Å². The van der Waals surface area contributed by atoms with Gasteiger partial charge in [0.1, 0.15) is 5.82 Å². The first kappa shape index (κ1) is 16.7. The first-order valence-electron chi connectivity index (χ1n) is 8.79. The number of carbonyl (C=O) groups is 1. The van der Waals surface area contributed by atoms with Gasteiger partial charge >= 0.3 is 0 Å². The van der Waals surface area contributed by atoms with Crippen LogP contribution in [0, 0.1) is 12.8 Å². The molecular weight excluding hydrogens is 300 g/mol. The number of rotatable bonds is 6. The molecule has 0 atom stereocenters. The lowest BCUT2D eigenvalue weighted by Gasteiger charge is -2.22. The molecule has 0 unspecified atom stereocenters. The lowest BCUT2D eigenvalue weighted by atomic mass is 9.93. The van der Waals surface area contributed by atoms with Crippen molar-refractivity contribution in [2.24, 2.45) is 5.92 Å². The summed E-state index contributed by atoms with van der Waals surface area (Å²) in [6, 6.07) is 12.1. The monoisotopic (exact) mass is 326 g/mol. The highest BCUT2D eigenvalue weighted by atomic mass is 16.1. The highest BCUT2D eigenvalue weighted by molar-refractivity contribution is 5.89. The van der Waals surface area contributed by atoms with Gasteiger partial charge in [-0.2, -0.15) is 5.10 Å². The topological polar surface area (TPSA) is 59.0 Å². The van der Waals surface area contributed by atoms with Crippen molar-refractivity contribution in [1.29, 1.82) is 0 Å². The van der Waals surface area contributed by atoms with Gasteiger partial charge in [0, 0.05) is 12.5 Å². The zero-order chi connectivity index (χ0) is 16.8. The summed E-state index contributed by atoms with van der Waals surface area (Å²) in [4.78, 5) is 12.3. The summed E-state index contributed by atoms with van der Waals surface area (Å²) < 4.78 is 1.87. The largest absolute Gasteiger partial charge is 0.317 e. The fraction of sp³-hybridized carbons (Fsp3) is 0.474. The highest BCUT2D eigenvalue weighted by Gasteiger charge is 2.15. The molecule has 1 aromatic carbocycles. The minimum atomic E-state index is 0.0859. The average Bonchev–Trinajstić information content (AvgIpc) is 2.94. The third-order valence-corrected chi connectivity index (χ3v) is 4.58. The highest BCUT2D eigenvalue weighted by Crippen LogP contribution is 2.19.